The van der Waals surface area contributed by atoms with Gasteiger partial charge in [0.2, 0.25) is 5.91 Å². The third-order valence-corrected chi connectivity index (χ3v) is 4.79. The molecule has 0 bridgehead atoms. The molecule has 2 aliphatic rings. The Morgan fingerprint density at radius 1 is 1.23 bits per heavy atom. The largest absolute Gasteiger partial charge is 0.481 e. The Hall–Kier alpha value is -2.58. The average Bonchev–Trinajstić information content (AvgIpc) is 3.26. The molecule has 0 radical (unpaired) electrons. The number of hydrogen-bond acceptors (Lipinski definition) is 3. The van der Waals surface area contributed by atoms with Crippen LogP contribution < -0.4 is 10.2 Å². The number of rotatable bonds is 5. The van der Waals surface area contributed by atoms with Gasteiger partial charge in [-0.2, -0.15) is 13.2 Å². The number of hydrogen-bond donors (Lipinski definition) is 2. The third-order valence-electron chi connectivity index (χ3n) is 4.79. The SMILES string of the molecule is O=C(NCC1(C(=O)O)CC1)c1cc(N2CCCC2=O)cc(C(F)(F)F)c1. The van der Waals surface area contributed by atoms with Gasteiger partial charge in [0.1, 0.15) is 0 Å². The first-order chi connectivity index (χ1) is 12.1. The monoisotopic (exact) mass is 370 g/mol. The molecule has 6 nitrogen and oxygen atoms in total. The zero-order valence-corrected chi connectivity index (χ0v) is 13.7. The lowest BCUT2D eigenvalue weighted by molar-refractivity contribution is -0.143. The summed E-state index contributed by atoms with van der Waals surface area (Å²) >= 11 is 0. The molecule has 1 saturated carbocycles. The van der Waals surface area contributed by atoms with Gasteiger partial charge in [-0.1, -0.05) is 0 Å². The van der Waals surface area contributed by atoms with Crippen LogP contribution in [0, 0.1) is 5.41 Å². The van der Waals surface area contributed by atoms with E-state index in [1.165, 1.54) is 11.0 Å². The molecule has 0 unspecified atom stereocenters. The van der Waals surface area contributed by atoms with Crippen molar-refractivity contribution in [2.45, 2.75) is 31.9 Å². The Morgan fingerprint density at radius 2 is 1.92 bits per heavy atom. The van der Waals surface area contributed by atoms with E-state index in [9.17, 15) is 27.6 Å². The molecule has 140 valence electrons. The smallest absolute Gasteiger partial charge is 0.416 e. The Labute approximate surface area is 147 Å². The van der Waals surface area contributed by atoms with E-state index in [4.69, 9.17) is 5.11 Å². The van der Waals surface area contributed by atoms with Crippen molar-refractivity contribution in [1.82, 2.24) is 5.32 Å². The van der Waals surface area contributed by atoms with Gasteiger partial charge in [-0.3, -0.25) is 14.4 Å². The molecule has 1 aromatic rings. The van der Waals surface area contributed by atoms with Gasteiger partial charge in [0.25, 0.3) is 5.91 Å². The fraction of sp³-hybridized carbons (Fsp3) is 0.471. The highest BCUT2D eigenvalue weighted by Crippen LogP contribution is 2.45. The van der Waals surface area contributed by atoms with Gasteiger partial charge in [0.05, 0.1) is 11.0 Å². The van der Waals surface area contributed by atoms with Crippen molar-refractivity contribution in [3.05, 3.63) is 29.3 Å². The van der Waals surface area contributed by atoms with Crippen LogP contribution in [0.5, 0.6) is 0 Å². The predicted octanol–water partition coefficient (Wildman–Crippen LogP) is 2.43. The van der Waals surface area contributed by atoms with Crippen LogP contribution in [-0.4, -0.2) is 36.0 Å². The highest BCUT2D eigenvalue weighted by molar-refractivity contribution is 5.99. The van der Waals surface area contributed by atoms with Crippen molar-refractivity contribution >= 4 is 23.5 Å². The Bertz CT molecular complexity index is 772. The van der Waals surface area contributed by atoms with Crippen molar-refractivity contribution in [2.24, 2.45) is 5.41 Å². The van der Waals surface area contributed by atoms with Gasteiger partial charge in [-0.25, -0.2) is 0 Å². The molecule has 1 aliphatic carbocycles. The van der Waals surface area contributed by atoms with Gasteiger partial charge in [0.15, 0.2) is 0 Å². The number of aliphatic carboxylic acids is 1. The third kappa shape index (κ3) is 3.51. The quantitative estimate of drug-likeness (QED) is 0.834. The van der Waals surface area contributed by atoms with Crippen LogP contribution in [-0.2, 0) is 15.8 Å². The Kier molecular flexibility index (Phi) is 4.41. The number of carboxylic acids is 1. The fourth-order valence-corrected chi connectivity index (χ4v) is 2.95. The van der Waals surface area contributed by atoms with Crippen LogP contribution in [0.25, 0.3) is 0 Å². The number of halogens is 3. The highest BCUT2D eigenvalue weighted by atomic mass is 19.4. The Balaban J connectivity index is 1.86. The van der Waals surface area contributed by atoms with E-state index in [-0.39, 0.29) is 30.1 Å². The summed E-state index contributed by atoms with van der Waals surface area (Å²) in [6, 6.07) is 2.79. The predicted molar refractivity (Wildman–Crippen MR) is 84.7 cm³/mol. The molecule has 1 heterocycles. The normalized spacial score (nSPS) is 18.7. The number of nitrogens with one attached hydrogen (secondary N) is 1. The summed E-state index contributed by atoms with van der Waals surface area (Å²) in [5.41, 5.74) is -2.29. The maximum absolute atomic E-state index is 13.2. The number of carboxylic acid groups (broad SMARTS) is 1. The van der Waals surface area contributed by atoms with E-state index in [0.29, 0.717) is 31.9 Å². The maximum Gasteiger partial charge on any atom is 0.416 e. The molecule has 0 aromatic heterocycles. The minimum atomic E-state index is -4.67. The molecule has 3 rings (SSSR count). The number of amides is 2. The van der Waals surface area contributed by atoms with Gasteiger partial charge in [-0.05, 0) is 37.5 Å². The van der Waals surface area contributed by atoms with Crippen molar-refractivity contribution < 1.29 is 32.7 Å². The Morgan fingerprint density at radius 3 is 2.42 bits per heavy atom. The summed E-state index contributed by atoms with van der Waals surface area (Å²) in [7, 11) is 0. The first-order valence-electron chi connectivity index (χ1n) is 8.17. The van der Waals surface area contributed by atoms with E-state index < -0.39 is 29.0 Å². The topological polar surface area (TPSA) is 86.7 Å². The molecule has 26 heavy (non-hydrogen) atoms. The van der Waals surface area contributed by atoms with E-state index in [0.717, 1.165) is 6.07 Å². The number of carbonyl (C=O) groups excluding carboxylic acids is 2. The van der Waals surface area contributed by atoms with Crippen molar-refractivity contribution in [3.8, 4) is 0 Å². The van der Waals surface area contributed by atoms with Crippen LogP contribution in [0.4, 0.5) is 18.9 Å². The fourth-order valence-electron chi connectivity index (χ4n) is 2.95. The van der Waals surface area contributed by atoms with Crippen molar-refractivity contribution in [3.63, 3.8) is 0 Å². The number of anilines is 1. The minimum Gasteiger partial charge on any atom is -0.481 e. The molecule has 0 atom stereocenters. The number of carbonyl (C=O) groups is 3. The van der Waals surface area contributed by atoms with Crippen LogP contribution in [0.2, 0.25) is 0 Å². The van der Waals surface area contributed by atoms with Crippen LogP contribution in [0.1, 0.15) is 41.6 Å². The standard InChI is InChI=1S/C17H17F3N2O4/c18-17(19,20)11-6-10(7-12(8-11)22-5-1-2-13(22)23)14(24)21-9-16(3-4-16)15(25)26/h6-8H,1-5,9H2,(H,21,24)(H,25,26). The maximum atomic E-state index is 13.2. The lowest BCUT2D eigenvalue weighted by Crippen LogP contribution is -2.34. The zero-order valence-electron chi connectivity index (χ0n) is 13.7. The number of benzene rings is 1. The summed E-state index contributed by atoms with van der Waals surface area (Å²) in [5, 5.41) is 11.5. The first-order valence-corrected chi connectivity index (χ1v) is 8.17. The molecule has 1 aliphatic heterocycles. The molecule has 2 fully saturated rings. The molecular formula is C17H17F3N2O4. The van der Waals surface area contributed by atoms with E-state index in [1.807, 2.05) is 0 Å². The molecular weight excluding hydrogens is 353 g/mol. The lowest BCUT2D eigenvalue weighted by atomic mass is 10.1. The van der Waals surface area contributed by atoms with Crippen molar-refractivity contribution in [1.29, 1.82) is 0 Å². The molecule has 1 aromatic carbocycles. The second-order valence-corrected chi connectivity index (χ2v) is 6.68. The van der Waals surface area contributed by atoms with Gasteiger partial charge in [0, 0.05) is 30.8 Å². The molecule has 1 saturated heterocycles. The molecule has 0 spiro atoms. The summed E-state index contributed by atoms with van der Waals surface area (Å²) in [6.45, 7) is 0.152. The summed E-state index contributed by atoms with van der Waals surface area (Å²) in [4.78, 5) is 36.5. The molecule has 2 amide bonds. The van der Waals surface area contributed by atoms with Gasteiger partial charge >= 0.3 is 12.1 Å². The zero-order chi connectivity index (χ0) is 19.1. The van der Waals surface area contributed by atoms with Gasteiger partial charge < -0.3 is 15.3 Å². The molecule has 9 heteroatoms. The minimum absolute atomic E-state index is 0.0202. The van der Waals surface area contributed by atoms with E-state index in [2.05, 4.69) is 5.32 Å². The summed E-state index contributed by atoms with van der Waals surface area (Å²) in [5.74, 6) is -2.12. The average molecular weight is 370 g/mol. The molecule has 2 N–H and O–H groups in total. The van der Waals surface area contributed by atoms with Crippen molar-refractivity contribution in [2.75, 3.05) is 18.0 Å². The first kappa shape index (κ1) is 18.2. The number of nitrogens with zero attached hydrogens (tertiary/aromatic N) is 1. The van der Waals surface area contributed by atoms with E-state index in [1.54, 1.807) is 0 Å². The second kappa shape index (κ2) is 6.30. The van der Waals surface area contributed by atoms with Crippen LogP contribution in [0.15, 0.2) is 18.2 Å². The van der Waals surface area contributed by atoms with Gasteiger partial charge in [-0.15, -0.1) is 0 Å². The second-order valence-electron chi connectivity index (χ2n) is 6.68. The summed E-state index contributed by atoms with van der Waals surface area (Å²) in [6.07, 6.45) is -3.05. The van der Waals surface area contributed by atoms with E-state index >= 15 is 0 Å². The highest BCUT2D eigenvalue weighted by Gasteiger charge is 2.50. The summed E-state index contributed by atoms with van der Waals surface area (Å²) < 4.78 is 39.5. The number of alkyl halides is 3. The lowest BCUT2D eigenvalue weighted by Gasteiger charge is -2.19. The van der Waals surface area contributed by atoms with Crippen LogP contribution >= 0.6 is 0 Å². The van der Waals surface area contributed by atoms with Crippen LogP contribution in [0.3, 0.4) is 0 Å².